The first kappa shape index (κ1) is 13.5. The quantitative estimate of drug-likeness (QED) is 0.761. The maximum absolute atomic E-state index is 11.7. The van der Waals surface area contributed by atoms with Gasteiger partial charge in [-0.1, -0.05) is 30.3 Å². The maximum atomic E-state index is 11.7. The van der Waals surface area contributed by atoms with Gasteiger partial charge in [0.1, 0.15) is 11.0 Å². The zero-order valence-electron chi connectivity index (χ0n) is 11.3. The first-order valence-electron chi connectivity index (χ1n) is 6.48. The Labute approximate surface area is 112 Å². The van der Waals surface area contributed by atoms with Gasteiger partial charge in [-0.15, -0.1) is 0 Å². The number of rotatable bonds is 4. The normalized spacial score (nSPS) is 25.3. The molecular weight excluding hydrogens is 242 g/mol. The van der Waals surface area contributed by atoms with Crippen molar-refractivity contribution in [2.24, 2.45) is 10.3 Å². The van der Waals surface area contributed by atoms with Crippen LogP contribution in [-0.4, -0.2) is 15.2 Å². The van der Waals surface area contributed by atoms with Crippen molar-refractivity contribution in [3.63, 3.8) is 0 Å². The van der Waals surface area contributed by atoms with Crippen LogP contribution in [0.4, 0.5) is 0 Å². The number of nitrogens with zero attached hydrogens (tertiary/aromatic N) is 1. The number of benzene rings is 1. The summed E-state index contributed by atoms with van der Waals surface area (Å²) < 4.78 is 15.6. The zero-order valence-corrected chi connectivity index (χ0v) is 12.1. The standard InChI is InChI=1S/C15H21NOS/c1-15(2,3)18(17)16-10-9-13-11-14(13)12-7-5-4-6-8-12/h4-8,10,13-14H,9,11H2,1-3H3/b16-10+/t13-,14+,18+/m0/s1. The first-order valence-corrected chi connectivity index (χ1v) is 7.58. The Kier molecular flexibility index (Phi) is 4.00. The van der Waals surface area contributed by atoms with Crippen LogP contribution in [0, 0.1) is 5.92 Å². The molecule has 0 unspecified atom stereocenters. The largest absolute Gasteiger partial charge is 0.234 e. The lowest BCUT2D eigenvalue weighted by Gasteiger charge is -2.12. The van der Waals surface area contributed by atoms with Crippen molar-refractivity contribution in [3.8, 4) is 0 Å². The fraction of sp³-hybridized carbons (Fsp3) is 0.533. The topological polar surface area (TPSA) is 29.4 Å². The van der Waals surface area contributed by atoms with E-state index in [-0.39, 0.29) is 4.75 Å². The molecule has 0 heterocycles. The van der Waals surface area contributed by atoms with E-state index in [9.17, 15) is 4.21 Å². The summed E-state index contributed by atoms with van der Waals surface area (Å²) in [6, 6.07) is 10.6. The Balaban J connectivity index is 1.81. The minimum Gasteiger partial charge on any atom is -0.234 e. The van der Waals surface area contributed by atoms with Gasteiger partial charge in [-0.05, 0) is 51.0 Å². The van der Waals surface area contributed by atoms with Gasteiger partial charge in [-0.2, -0.15) is 4.40 Å². The fourth-order valence-corrected chi connectivity index (χ4v) is 2.56. The maximum Gasteiger partial charge on any atom is 0.144 e. The summed E-state index contributed by atoms with van der Waals surface area (Å²) in [5.41, 5.74) is 1.42. The van der Waals surface area contributed by atoms with Crippen LogP contribution in [0.15, 0.2) is 34.7 Å². The Morgan fingerprint density at radius 1 is 1.33 bits per heavy atom. The Bertz CT molecular complexity index is 447. The van der Waals surface area contributed by atoms with Crippen LogP contribution in [0.25, 0.3) is 0 Å². The van der Waals surface area contributed by atoms with E-state index in [1.807, 2.05) is 27.0 Å². The summed E-state index contributed by atoms with van der Waals surface area (Å²) in [6.45, 7) is 5.85. The summed E-state index contributed by atoms with van der Waals surface area (Å²) in [5, 5.41) is 0. The van der Waals surface area contributed by atoms with Gasteiger partial charge < -0.3 is 0 Å². The highest BCUT2D eigenvalue weighted by molar-refractivity contribution is 7.85. The molecule has 18 heavy (non-hydrogen) atoms. The fourth-order valence-electron chi connectivity index (χ4n) is 2.02. The second-order valence-electron chi connectivity index (χ2n) is 5.90. The molecule has 2 nitrogen and oxygen atoms in total. The molecular formula is C15H21NOS. The minimum absolute atomic E-state index is 0.251. The lowest BCUT2D eigenvalue weighted by atomic mass is 10.1. The van der Waals surface area contributed by atoms with Crippen molar-refractivity contribution >= 4 is 17.2 Å². The third-order valence-corrected chi connectivity index (χ3v) is 4.64. The summed E-state index contributed by atoms with van der Waals surface area (Å²) in [4.78, 5) is 0. The summed E-state index contributed by atoms with van der Waals surface area (Å²) in [5.74, 6) is 1.37. The smallest absolute Gasteiger partial charge is 0.144 e. The van der Waals surface area contributed by atoms with Crippen LogP contribution in [0.5, 0.6) is 0 Å². The van der Waals surface area contributed by atoms with Crippen LogP contribution in [-0.2, 0) is 11.0 Å². The van der Waals surface area contributed by atoms with E-state index < -0.39 is 11.0 Å². The monoisotopic (exact) mass is 263 g/mol. The van der Waals surface area contributed by atoms with Gasteiger partial charge in [-0.3, -0.25) is 0 Å². The molecule has 3 heteroatoms. The molecule has 0 N–H and O–H groups in total. The number of hydrogen-bond donors (Lipinski definition) is 0. The summed E-state index contributed by atoms with van der Waals surface area (Å²) >= 11 is 0. The van der Waals surface area contributed by atoms with E-state index in [1.165, 1.54) is 12.0 Å². The second-order valence-corrected chi connectivity index (χ2v) is 7.83. The molecule has 1 aromatic rings. The van der Waals surface area contributed by atoms with Gasteiger partial charge >= 0.3 is 0 Å². The lowest BCUT2D eigenvalue weighted by molar-refractivity contribution is 0.650. The zero-order chi connectivity index (χ0) is 13.2. The highest BCUT2D eigenvalue weighted by Gasteiger charge is 2.37. The Hall–Kier alpha value is -0.960. The average Bonchev–Trinajstić information content (AvgIpc) is 3.08. The third kappa shape index (κ3) is 3.52. The average molecular weight is 263 g/mol. The van der Waals surface area contributed by atoms with Gasteiger partial charge in [0.25, 0.3) is 0 Å². The predicted octanol–water partition coefficient (Wildman–Crippen LogP) is 3.71. The van der Waals surface area contributed by atoms with Gasteiger partial charge in [-0.25, -0.2) is 4.21 Å². The highest BCUT2D eigenvalue weighted by atomic mass is 32.2. The van der Waals surface area contributed by atoms with Crippen LogP contribution in [0.1, 0.15) is 45.1 Å². The van der Waals surface area contributed by atoms with Crippen LogP contribution < -0.4 is 0 Å². The van der Waals surface area contributed by atoms with E-state index in [1.54, 1.807) is 0 Å². The molecule has 3 atom stereocenters. The molecule has 2 rings (SSSR count). The van der Waals surface area contributed by atoms with Gasteiger partial charge in [0, 0.05) is 6.21 Å². The molecule has 0 aliphatic heterocycles. The molecule has 98 valence electrons. The van der Waals surface area contributed by atoms with Crippen molar-refractivity contribution < 1.29 is 4.21 Å². The lowest BCUT2D eigenvalue weighted by Crippen LogP contribution is -2.19. The van der Waals surface area contributed by atoms with Crippen molar-refractivity contribution in [1.82, 2.24) is 0 Å². The third-order valence-electron chi connectivity index (χ3n) is 3.25. The van der Waals surface area contributed by atoms with E-state index in [0.717, 1.165) is 6.42 Å². The van der Waals surface area contributed by atoms with Crippen molar-refractivity contribution in [3.05, 3.63) is 35.9 Å². The van der Waals surface area contributed by atoms with Gasteiger partial charge in [0.05, 0.1) is 4.75 Å². The van der Waals surface area contributed by atoms with Crippen molar-refractivity contribution in [2.45, 2.75) is 44.3 Å². The molecule has 0 amide bonds. The molecule has 1 aliphatic rings. The van der Waals surface area contributed by atoms with Gasteiger partial charge in [0.2, 0.25) is 0 Å². The van der Waals surface area contributed by atoms with Crippen LogP contribution >= 0.6 is 0 Å². The summed E-state index contributed by atoms with van der Waals surface area (Å²) in [7, 11) is -1.11. The molecule has 1 fully saturated rings. The number of hydrogen-bond acceptors (Lipinski definition) is 1. The molecule has 0 radical (unpaired) electrons. The molecule has 1 aromatic carbocycles. The molecule has 0 aromatic heterocycles. The molecule has 0 spiro atoms. The molecule has 0 saturated heterocycles. The Morgan fingerprint density at radius 2 is 2.00 bits per heavy atom. The first-order chi connectivity index (χ1) is 8.48. The Morgan fingerprint density at radius 3 is 2.61 bits per heavy atom. The van der Waals surface area contributed by atoms with Crippen LogP contribution in [0.3, 0.4) is 0 Å². The predicted molar refractivity (Wildman–Crippen MR) is 78.3 cm³/mol. The summed E-state index contributed by atoms with van der Waals surface area (Å²) in [6.07, 6.45) is 4.04. The van der Waals surface area contributed by atoms with E-state index in [2.05, 4.69) is 34.7 Å². The van der Waals surface area contributed by atoms with Crippen molar-refractivity contribution in [2.75, 3.05) is 0 Å². The SMILES string of the molecule is CC(C)(C)[S@@](=O)/N=C/C[C@H]1C[C@@H]1c1ccccc1. The van der Waals surface area contributed by atoms with E-state index >= 15 is 0 Å². The molecule has 0 bridgehead atoms. The molecule has 1 saturated carbocycles. The highest BCUT2D eigenvalue weighted by Crippen LogP contribution is 2.48. The van der Waals surface area contributed by atoms with Gasteiger partial charge in [0.15, 0.2) is 0 Å². The van der Waals surface area contributed by atoms with Crippen molar-refractivity contribution in [1.29, 1.82) is 0 Å². The van der Waals surface area contributed by atoms with E-state index in [0.29, 0.717) is 11.8 Å². The van der Waals surface area contributed by atoms with Crippen LogP contribution in [0.2, 0.25) is 0 Å². The van der Waals surface area contributed by atoms with E-state index in [4.69, 9.17) is 0 Å². The molecule has 1 aliphatic carbocycles. The minimum atomic E-state index is -1.11. The second kappa shape index (κ2) is 5.35.